The zero-order chi connectivity index (χ0) is 12.1. The molecule has 1 rings (SSSR count). The van der Waals surface area contributed by atoms with E-state index in [1.165, 1.54) is 0 Å². The molecule has 0 saturated heterocycles. The number of carboxylic acids is 1. The van der Waals surface area contributed by atoms with E-state index in [-0.39, 0.29) is 37.3 Å². The van der Waals surface area contributed by atoms with Gasteiger partial charge in [-0.05, 0) is 18.8 Å². The zero-order valence-electron chi connectivity index (χ0n) is 9.56. The highest BCUT2D eigenvalue weighted by atomic mass is 16.4. The van der Waals surface area contributed by atoms with Gasteiger partial charge >= 0.3 is 5.97 Å². The molecule has 0 heterocycles. The summed E-state index contributed by atoms with van der Waals surface area (Å²) in [7, 11) is 0. The Morgan fingerprint density at radius 1 is 1.38 bits per heavy atom. The maximum absolute atomic E-state index is 11.8. The number of rotatable bonds is 7. The normalized spacial score (nSPS) is 16.9. The molecule has 1 atom stereocenters. The van der Waals surface area contributed by atoms with Crippen molar-refractivity contribution in [3.8, 4) is 0 Å². The molecule has 2 N–H and O–H groups in total. The molecule has 92 valence electrons. The summed E-state index contributed by atoms with van der Waals surface area (Å²) in [4.78, 5) is 24.0. The lowest BCUT2D eigenvalue weighted by atomic mass is 10.0. The fourth-order valence-electron chi connectivity index (χ4n) is 1.79. The summed E-state index contributed by atoms with van der Waals surface area (Å²) in [6.45, 7) is 2.09. The van der Waals surface area contributed by atoms with Gasteiger partial charge in [-0.15, -0.1) is 0 Å². The maximum atomic E-state index is 11.8. The summed E-state index contributed by atoms with van der Waals surface area (Å²) in [6.07, 6.45) is 2.27. The topological polar surface area (TPSA) is 77.8 Å². The molecule has 1 unspecified atom stereocenters. The second kappa shape index (κ2) is 5.84. The van der Waals surface area contributed by atoms with Crippen LogP contribution in [-0.4, -0.2) is 46.2 Å². The first-order valence-electron chi connectivity index (χ1n) is 5.66. The highest BCUT2D eigenvalue weighted by Crippen LogP contribution is 2.27. The van der Waals surface area contributed by atoms with Gasteiger partial charge in [0, 0.05) is 25.4 Å². The third-order valence-corrected chi connectivity index (χ3v) is 2.70. The molecule has 0 aromatic heterocycles. The summed E-state index contributed by atoms with van der Waals surface area (Å²) in [6, 6.07) is 0.275. The summed E-state index contributed by atoms with van der Waals surface area (Å²) in [5.41, 5.74) is 0. The van der Waals surface area contributed by atoms with Crippen LogP contribution < -0.4 is 0 Å². The average molecular weight is 229 g/mol. The fourth-order valence-corrected chi connectivity index (χ4v) is 1.79. The van der Waals surface area contributed by atoms with Crippen molar-refractivity contribution in [3.63, 3.8) is 0 Å². The van der Waals surface area contributed by atoms with E-state index in [2.05, 4.69) is 0 Å². The molecule has 0 aliphatic heterocycles. The molecular formula is C11H19NO4. The second-order valence-electron chi connectivity index (χ2n) is 4.45. The molecule has 1 aliphatic carbocycles. The van der Waals surface area contributed by atoms with Crippen LogP contribution in [0.1, 0.15) is 32.6 Å². The highest BCUT2D eigenvalue weighted by molar-refractivity contribution is 5.78. The minimum absolute atomic E-state index is 0.0172. The SMILES string of the molecule is CC(CC(=O)O)CC(=O)N(CCO)C1CC1. The van der Waals surface area contributed by atoms with E-state index in [0.717, 1.165) is 12.8 Å². The van der Waals surface area contributed by atoms with Crippen LogP contribution in [0.15, 0.2) is 0 Å². The molecule has 0 spiro atoms. The summed E-state index contributed by atoms with van der Waals surface area (Å²) in [5, 5.41) is 17.4. The molecule has 1 saturated carbocycles. The van der Waals surface area contributed by atoms with Crippen LogP contribution in [0.5, 0.6) is 0 Å². The second-order valence-corrected chi connectivity index (χ2v) is 4.45. The van der Waals surface area contributed by atoms with Crippen LogP contribution in [0.4, 0.5) is 0 Å². The van der Waals surface area contributed by atoms with E-state index in [1.54, 1.807) is 11.8 Å². The van der Waals surface area contributed by atoms with E-state index >= 15 is 0 Å². The van der Waals surface area contributed by atoms with E-state index in [1.807, 2.05) is 0 Å². The van der Waals surface area contributed by atoms with Gasteiger partial charge in [0.05, 0.1) is 6.61 Å². The Hall–Kier alpha value is -1.10. The molecule has 1 amide bonds. The maximum Gasteiger partial charge on any atom is 0.303 e. The van der Waals surface area contributed by atoms with E-state index in [4.69, 9.17) is 10.2 Å². The van der Waals surface area contributed by atoms with Crippen molar-refractivity contribution >= 4 is 11.9 Å². The smallest absolute Gasteiger partial charge is 0.303 e. The van der Waals surface area contributed by atoms with Crippen LogP contribution in [0.2, 0.25) is 0 Å². The Morgan fingerprint density at radius 2 is 2.00 bits per heavy atom. The molecule has 5 nitrogen and oxygen atoms in total. The number of carbonyl (C=O) groups is 2. The minimum atomic E-state index is -0.875. The summed E-state index contributed by atoms with van der Waals surface area (Å²) in [5.74, 6) is -1.06. The molecule has 0 aromatic rings. The van der Waals surface area contributed by atoms with E-state index < -0.39 is 5.97 Å². The van der Waals surface area contributed by atoms with Crippen molar-refractivity contribution in [2.24, 2.45) is 5.92 Å². The molecular weight excluding hydrogens is 210 g/mol. The van der Waals surface area contributed by atoms with Crippen molar-refractivity contribution < 1.29 is 19.8 Å². The third-order valence-electron chi connectivity index (χ3n) is 2.70. The van der Waals surface area contributed by atoms with Gasteiger partial charge in [0.1, 0.15) is 0 Å². The van der Waals surface area contributed by atoms with Gasteiger partial charge in [0.2, 0.25) is 5.91 Å². The predicted octanol–water partition coefficient (Wildman–Crippen LogP) is 0.471. The third kappa shape index (κ3) is 4.18. The van der Waals surface area contributed by atoms with Gasteiger partial charge in [-0.3, -0.25) is 9.59 Å². The number of hydrogen-bond donors (Lipinski definition) is 2. The summed E-state index contributed by atoms with van der Waals surface area (Å²) >= 11 is 0. The molecule has 16 heavy (non-hydrogen) atoms. The number of hydrogen-bond acceptors (Lipinski definition) is 3. The molecule has 0 radical (unpaired) electrons. The number of aliphatic hydroxyl groups is 1. The van der Waals surface area contributed by atoms with Gasteiger partial charge in [-0.2, -0.15) is 0 Å². The lowest BCUT2D eigenvalue weighted by Gasteiger charge is -2.22. The lowest BCUT2D eigenvalue weighted by Crippen LogP contribution is -2.36. The zero-order valence-corrected chi connectivity index (χ0v) is 9.56. The molecule has 0 bridgehead atoms. The van der Waals surface area contributed by atoms with Crippen LogP contribution in [0.25, 0.3) is 0 Å². The standard InChI is InChI=1S/C11H19NO4/c1-8(7-11(15)16)6-10(14)12(4-5-13)9-2-3-9/h8-9,13H,2-7H2,1H3,(H,15,16). The highest BCUT2D eigenvalue weighted by Gasteiger charge is 2.32. The Bertz CT molecular complexity index is 263. The Balaban J connectivity index is 2.38. The van der Waals surface area contributed by atoms with Crippen LogP contribution in [-0.2, 0) is 9.59 Å². The largest absolute Gasteiger partial charge is 0.481 e. The van der Waals surface area contributed by atoms with Crippen molar-refractivity contribution in [2.75, 3.05) is 13.2 Å². The molecule has 0 aromatic carbocycles. The van der Waals surface area contributed by atoms with Crippen LogP contribution in [0.3, 0.4) is 0 Å². The van der Waals surface area contributed by atoms with Gasteiger partial charge in [0.15, 0.2) is 0 Å². The number of amides is 1. The Labute approximate surface area is 95.1 Å². The molecule has 1 fully saturated rings. The van der Waals surface area contributed by atoms with Crippen LogP contribution in [0, 0.1) is 5.92 Å². The number of carboxylic acid groups (broad SMARTS) is 1. The first-order valence-corrected chi connectivity index (χ1v) is 5.66. The molecule has 5 heteroatoms. The first-order chi connectivity index (χ1) is 7.54. The van der Waals surface area contributed by atoms with Crippen molar-refractivity contribution in [3.05, 3.63) is 0 Å². The van der Waals surface area contributed by atoms with Gasteiger partial charge in [-0.25, -0.2) is 0 Å². The monoisotopic (exact) mass is 229 g/mol. The van der Waals surface area contributed by atoms with Crippen molar-refractivity contribution in [1.29, 1.82) is 0 Å². The number of aliphatic carboxylic acids is 1. The quantitative estimate of drug-likeness (QED) is 0.665. The number of carbonyl (C=O) groups excluding carboxylic acids is 1. The van der Waals surface area contributed by atoms with Gasteiger partial charge in [0.25, 0.3) is 0 Å². The number of aliphatic hydroxyl groups excluding tert-OH is 1. The summed E-state index contributed by atoms with van der Waals surface area (Å²) < 4.78 is 0. The fraction of sp³-hybridized carbons (Fsp3) is 0.818. The predicted molar refractivity (Wildman–Crippen MR) is 57.9 cm³/mol. The molecule has 1 aliphatic rings. The number of nitrogens with zero attached hydrogens (tertiary/aromatic N) is 1. The van der Waals surface area contributed by atoms with E-state index in [0.29, 0.717) is 6.54 Å². The van der Waals surface area contributed by atoms with Gasteiger partial charge < -0.3 is 15.1 Å². The Morgan fingerprint density at radius 3 is 2.44 bits per heavy atom. The van der Waals surface area contributed by atoms with Gasteiger partial charge in [-0.1, -0.05) is 6.92 Å². The Kier molecular flexibility index (Phi) is 4.73. The average Bonchev–Trinajstić information content (AvgIpc) is 2.95. The van der Waals surface area contributed by atoms with E-state index in [9.17, 15) is 9.59 Å². The minimum Gasteiger partial charge on any atom is -0.481 e. The van der Waals surface area contributed by atoms with Crippen molar-refractivity contribution in [1.82, 2.24) is 4.90 Å². The van der Waals surface area contributed by atoms with Crippen LogP contribution >= 0.6 is 0 Å². The first kappa shape index (κ1) is 13.0. The lowest BCUT2D eigenvalue weighted by molar-refractivity contribution is -0.138. The van der Waals surface area contributed by atoms with Crippen molar-refractivity contribution in [2.45, 2.75) is 38.6 Å².